The summed E-state index contributed by atoms with van der Waals surface area (Å²) in [5, 5.41) is 14.7. The first-order chi connectivity index (χ1) is 10.1. The van der Waals surface area contributed by atoms with Crippen LogP contribution in [0, 0.1) is 11.8 Å². The minimum absolute atomic E-state index is 0.0830. The number of nitrogens with one attached hydrogen (secondary N) is 1. The number of hydrogen-bond acceptors (Lipinski definition) is 4. The number of hydrogen-bond donors (Lipinski definition) is 2. The number of aliphatic hydroxyl groups is 1. The van der Waals surface area contributed by atoms with Gasteiger partial charge in [-0.05, 0) is 56.0 Å². The molecule has 0 aromatic carbocycles. The summed E-state index contributed by atoms with van der Waals surface area (Å²) >= 11 is 1.67. The number of thiophene rings is 1. The molecule has 4 nitrogen and oxygen atoms in total. The number of carbonyl (C=O) groups excluding carboxylic acids is 1. The summed E-state index contributed by atoms with van der Waals surface area (Å²) in [6.45, 7) is 1.10. The number of likely N-dealkylation sites (N-methyl/N-ethyl adjacent to an activating group) is 1. The third-order valence-corrected chi connectivity index (χ3v) is 5.90. The van der Waals surface area contributed by atoms with Gasteiger partial charge in [0, 0.05) is 10.9 Å². The van der Waals surface area contributed by atoms with E-state index in [0.717, 1.165) is 25.7 Å². The third kappa shape index (κ3) is 3.65. The molecule has 2 aliphatic rings. The van der Waals surface area contributed by atoms with Gasteiger partial charge in [0.1, 0.15) is 0 Å². The Labute approximate surface area is 130 Å². The van der Waals surface area contributed by atoms with E-state index >= 15 is 0 Å². The van der Waals surface area contributed by atoms with Gasteiger partial charge in [0.15, 0.2) is 0 Å². The molecule has 0 saturated heterocycles. The van der Waals surface area contributed by atoms with Crippen LogP contribution in [0.4, 0.5) is 0 Å². The highest BCUT2D eigenvalue weighted by Crippen LogP contribution is 2.45. The number of rotatable bonds is 5. The Bertz CT molecular complexity index is 463. The number of aliphatic hydroxyl groups excluding tert-OH is 1. The van der Waals surface area contributed by atoms with Crippen molar-refractivity contribution in [3.8, 4) is 0 Å². The van der Waals surface area contributed by atoms with Crippen molar-refractivity contribution in [3.63, 3.8) is 0 Å². The molecule has 116 valence electrons. The molecular formula is C16H24N2O2S. The van der Waals surface area contributed by atoms with Crippen LogP contribution >= 0.6 is 11.3 Å². The number of amides is 1. The lowest BCUT2D eigenvalue weighted by Crippen LogP contribution is -2.39. The van der Waals surface area contributed by atoms with Crippen LogP contribution in [0.5, 0.6) is 0 Å². The van der Waals surface area contributed by atoms with Crippen LogP contribution in [0.3, 0.4) is 0 Å². The summed E-state index contributed by atoms with van der Waals surface area (Å²) < 4.78 is 0. The van der Waals surface area contributed by atoms with E-state index in [1.807, 2.05) is 24.6 Å². The zero-order valence-electron chi connectivity index (χ0n) is 12.5. The van der Waals surface area contributed by atoms with Gasteiger partial charge in [-0.25, -0.2) is 0 Å². The molecule has 0 radical (unpaired) electrons. The number of carbonyl (C=O) groups is 1. The van der Waals surface area contributed by atoms with Crippen LogP contribution in [0.2, 0.25) is 0 Å². The minimum atomic E-state index is -0.0830. The lowest BCUT2D eigenvalue weighted by Gasteiger charge is -2.24. The fourth-order valence-electron chi connectivity index (χ4n) is 3.92. The highest BCUT2D eigenvalue weighted by atomic mass is 32.1. The Morgan fingerprint density at radius 2 is 2.10 bits per heavy atom. The van der Waals surface area contributed by atoms with E-state index in [2.05, 4.69) is 10.2 Å². The average molecular weight is 308 g/mol. The Morgan fingerprint density at radius 3 is 2.71 bits per heavy atom. The SMILES string of the molecule is CN(CC(=O)NCc1cccs1)C1C[C@H]2CC(O)C[C@H]2C1. The van der Waals surface area contributed by atoms with Crippen LogP contribution in [-0.2, 0) is 11.3 Å². The van der Waals surface area contributed by atoms with Gasteiger partial charge in [0.2, 0.25) is 5.91 Å². The molecule has 1 aromatic heterocycles. The van der Waals surface area contributed by atoms with E-state index in [1.54, 1.807) is 11.3 Å². The smallest absolute Gasteiger partial charge is 0.234 e. The van der Waals surface area contributed by atoms with Gasteiger partial charge in [-0.1, -0.05) is 6.07 Å². The molecule has 2 unspecified atom stereocenters. The maximum atomic E-state index is 12.0. The van der Waals surface area contributed by atoms with Crippen molar-refractivity contribution >= 4 is 17.2 Å². The van der Waals surface area contributed by atoms with Gasteiger partial charge in [-0.2, -0.15) is 0 Å². The summed E-state index contributed by atoms with van der Waals surface area (Å²) in [5.74, 6) is 1.44. The van der Waals surface area contributed by atoms with E-state index in [1.165, 1.54) is 4.88 Å². The quantitative estimate of drug-likeness (QED) is 0.873. The molecular weight excluding hydrogens is 284 g/mol. The standard InChI is InChI=1S/C16H24N2O2S/c1-18(10-16(20)17-9-15-3-2-4-21-15)13-5-11-7-14(19)8-12(11)6-13/h2-4,11-14,19H,5-10H2,1H3,(H,17,20)/t11-,12+,13?,14?. The fourth-order valence-corrected chi connectivity index (χ4v) is 4.57. The molecule has 0 spiro atoms. The Kier molecular flexibility index (Phi) is 4.62. The van der Waals surface area contributed by atoms with Crippen LogP contribution in [-0.4, -0.2) is 41.7 Å². The summed E-state index contributed by atoms with van der Waals surface area (Å²) in [6.07, 6.45) is 4.10. The van der Waals surface area contributed by atoms with Crippen LogP contribution < -0.4 is 5.32 Å². The van der Waals surface area contributed by atoms with Crippen LogP contribution in [0.25, 0.3) is 0 Å². The monoisotopic (exact) mass is 308 g/mol. The van der Waals surface area contributed by atoms with Crippen molar-refractivity contribution in [1.82, 2.24) is 10.2 Å². The third-order valence-electron chi connectivity index (χ3n) is 5.02. The maximum Gasteiger partial charge on any atom is 0.234 e. The topological polar surface area (TPSA) is 52.6 Å². The van der Waals surface area contributed by atoms with Crippen LogP contribution in [0.1, 0.15) is 30.6 Å². The van der Waals surface area contributed by atoms with Gasteiger partial charge in [-0.3, -0.25) is 9.69 Å². The highest BCUT2D eigenvalue weighted by molar-refractivity contribution is 7.09. The van der Waals surface area contributed by atoms with Gasteiger partial charge >= 0.3 is 0 Å². The van der Waals surface area contributed by atoms with Crippen molar-refractivity contribution < 1.29 is 9.90 Å². The summed E-state index contributed by atoms with van der Waals surface area (Å²) in [6, 6.07) is 4.54. The van der Waals surface area contributed by atoms with Gasteiger partial charge in [-0.15, -0.1) is 11.3 Å². The predicted molar refractivity (Wildman–Crippen MR) is 84.0 cm³/mol. The van der Waals surface area contributed by atoms with E-state index in [0.29, 0.717) is 31.0 Å². The summed E-state index contributed by atoms with van der Waals surface area (Å²) in [7, 11) is 2.05. The predicted octanol–water partition coefficient (Wildman–Crippen LogP) is 1.85. The lowest BCUT2D eigenvalue weighted by atomic mass is 10.0. The number of fused-ring (bicyclic) bond motifs is 1. The highest BCUT2D eigenvalue weighted by Gasteiger charge is 2.42. The first-order valence-electron chi connectivity index (χ1n) is 7.79. The zero-order valence-corrected chi connectivity index (χ0v) is 13.3. The van der Waals surface area contributed by atoms with Gasteiger partial charge in [0.25, 0.3) is 0 Å². The maximum absolute atomic E-state index is 12.0. The van der Waals surface area contributed by atoms with Gasteiger partial charge < -0.3 is 10.4 Å². The fraction of sp³-hybridized carbons (Fsp3) is 0.688. The van der Waals surface area contributed by atoms with E-state index in [4.69, 9.17) is 0 Å². The van der Waals surface area contributed by atoms with Gasteiger partial charge in [0.05, 0.1) is 19.2 Å². The van der Waals surface area contributed by atoms with Crippen molar-refractivity contribution in [3.05, 3.63) is 22.4 Å². The second-order valence-corrected chi connectivity index (χ2v) is 7.57. The van der Waals surface area contributed by atoms with Crippen LogP contribution in [0.15, 0.2) is 17.5 Å². The second-order valence-electron chi connectivity index (χ2n) is 6.54. The minimum Gasteiger partial charge on any atom is -0.393 e. The first-order valence-corrected chi connectivity index (χ1v) is 8.67. The molecule has 1 amide bonds. The molecule has 2 saturated carbocycles. The molecule has 3 rings (SSSR count). The van der Waals surface area contributed by atoms with Crippen molar-refractivity contribution in [2.24, 2.45) is 11.8 Å². The molecule has 4 atom stereocenters. The van der Waals surface area contributed by atoms with Crippen molar-refractivity contribution in [1.29, 1.82) is 0 Å². The molecule has 2 fully saturated rings. The average Bonchev–Trinajstić information content (AvgIpc) is 3.11. The molecule has 2 aliphatic carbocycles. The number of nitrogens with zero attached hydrogens (tertiary/aromatic N) is 1. The summed E-state index contributed by atoms with van der Waals surface area (Å²) in [4.78, 5) is 15.4. The molecule has 5 heteroatoms. The molecule has 0 bridgehead atoms. The molecule has 21 heavy (non-hydrogen) atoms. The Morgan fingerprint density at radius 1 is 1.38 bits per heavy atom. The zero-order chi connectivity index (χ0) is 14.8. The second kappa shape index (κ2) is 6.46. The lowest BCUT2D eigenvalue weighted by molar-refractivity contribution is -0.122. The Hall–Kier alpha value is -0.910. The Balaban J connectivity index is 1.42. The first kappa shape index (κ1) is 15.0. The summed E-state index contributed by atoms with van der Waals surface area (Å²) in [5.41, 5.74) is 0. The van der Waals surface area contributed by atoms with Crippen molar-refractivity contribution in [2.75, 3.05) is 13.6 Å². The van der Waals surface area contributed by atoms with E-state index < -0.39 is 0 Å². The van der Waals surface area contributed by atoms with E-state index in [-0.39, 0.29) is 12.0 Å². The molecule has 1 heterocycles. The van der Waals surface area contributed by atoms with Crippen molar-refractivity contribution in [2.45, 2.75) is 44.4 Å². The largest absolute Gasteiger partial charge is 0.393 e. The van der Waals surface area contributed by atoms with E-state index in [9.17, 15) is 9.90 Å². The molecule has 2 N–H and O–H groups in total. The molecule has 1 aromatic rings. The normalized spacial score (nSPS) is 31.6. The molecule has 0 aliphatic heterocycles.